The molecule has 1 aromatic rings. The molecule has 20 heavy (non-hydrogen) atoms. The van der Waals surface area contributed by atoms with Crippen molar-refractivity contribution in [3.63, 3.8) is 0 Å². The molecule has 3 rings (SSSR count). The third-order valence-corrected chi connectivity index (χ3v) is 3.84. The van der Waals surface area contributed by atoms with E-state index in [1.165, 1.54) is 0 Å². The Hall–Kier alpha value is -1.75. The lowest BCUT2D eigenvalue weighted by molar-refractivity contribution is 0.0497. The van der Waals surface area contributed by atoms with Crippen molar-refractivity contribution < 1.29 is 19.0 Å². The van der Waals surface area contributed by atoms with Crippen molar-refractivity contribution in [3.8, 4) is 11.5 Å². The Bertz CT molecular complexity index is 497. The Morgan fingerprint density at radius 1 is 1.25 bits per heavy atom. The average Bonchev–Trinajstić information content (AvgIpc) is 2.94. The van der Waals surface area contributed by atoms with E-state index in [2.05, 4.69) is 0 Å². The molecule has 5 nitrogen and oxygen atoms in total. The van der Waals surface area contributed by atoms with E-state index in [9.17, 15) is 4.79 Å². The summed E-state index contributed by atoms with van der Waals surface area (Å²) in [4.78, 5) is 14.2. The topological polar surface area (TPSA) is 48.0 Å². The molecule has 0 N–H and O–H groups in total. The summed E-state index contributed by atoms with van der Waals surface area (Å²) in [5, 5.41) is 0. The van der Waals surface area contributed by atoms with Gasteiger partial charge < -0.3 is 19.1 Å². The highest BCUT2D eigenvalue weighted by Gasteiger charge is 2.21. The molecule has 0 unspecified atom stereocenters. The van der Waals surface area contributed by atoms with Gasteiger partial charge in [-0.2, -0.15) is 0 Å². The van der Waals surface area contributed by atoms with Crippen LogP contribution in [0.2, 0.25) is 0 Å². The SMILES string of the molecule is CN(CC1CCOCC1)C(=O)c1ccc2c(c1)OCO2. The van der Waals surface area contributed by atoms with Crippen molar-refractivity contribution in [2.45, 2.75) is 12.8 Å². The Kier molecular flexibility index (Phi) is 3.78. The predicted molar refractivity (Wildman–Crippen MR) is 73.1 cm³/mol. The largest absolute Gasteiger partial charge is 0.454 e. The lowest BCUT2D eigenvalue weighted by atomic mass is 9.99. The second-order valence-corrected chi connectivity index (χ2v) is 5.31. The van der Waals surface area contributed by atoms with E-state index in [1.54, 1.807) is 23.1 Å². The van der Waals surface area contributed by atoms with Crippen LogP contribution >= 0.6 is 0 Å². The quantitative estimate of drug-likeness (QED) is 0.847. The number of ether oxygens (including phenoxy) is 3. The van der Waals surface area contributed by atoms with Gasteiger partial charge in [0.2, 0.25) is 6.79 Å². The van der Waals surface area contributed by atoms with E-state index < -0.39 is 0 Å². The van der Waals surface area contributed by atoms with Crippen LogP contribution in [0.5, 0.6) is 11.5 Å². The molecule has 0 aromatic heterocycles. The van der Waals surface area contributed by atoms with Gasteiger partial charge in [0.1, 0.15) is 0 Å². The predicted octanol–water partition coefficient (Wildman–Crippen LogP) is 1.91. The summed E-state index contributed by atoms with van der Waals surface area (Å²) >= 11 is 0. The van der Waals surface area contributed by atoms with E-state index >= 15 is 0 Å². The lowest BCUT2D eigenvalue weighted by Crippen LogP contribution is -2.34. The van der Waals surface area contributed by atoms with E-state index in [-0.39, 0.29) is 12.7 Å². The zero-order chi connectivity index (χ0) is 13.9. The van der Waals surface area contributed by atoms with Crippen molar-refractivity contribution in [1.82, 2.24) is 4.90 Å². The third kappa shape index (κ3) is 2.72. The van der Waals surface area contributed by atoms with Crippen LogP contribution in [0.15, 0.2) is 18.2 Å². The van der Waals surface area contributed by atoms with Crippen LogP contribution in [0, 0.1) is 5.92 Å². The molecule has 108 valence electrons. The monoisotopic (exact) mass is 277 g/mol. The minimum Gasteiger partial charge on any atom is -0.454 e. The fourth-order valence-corrected chi connectivity index (χ4v) is 2.65. The Balaban J connectivity index is 1.65. The van der Waals surface area contributed by atoms with Crippen molar-refractivity contribution in [1.29, 1.82) is 0 Å². The average molecular weight is 277 g/mol. The number of carbonyl (C=O) groups is 1. The second kappa shape index (κ2) is 5.71. The molecular weight excluding hydrogens is 258 g/mol. The van der Waals surface area contributed by atoms with Gasteiger partial charge in [0.25, 0.3) is 5.91 Å². The fraction of sp³-hybridized carbons (Fsp3) is 0.533. The molecule has 0 radical (unpaired) electrons. The van der Waals surface area contributed by atoms with Gasteiger partial charge in [-0.05, 0) is 37.0 Å². The molecule has 0 aliphatic carbocycles. The summed E-state index contributed by atoms with van der Waals surface area (Å²) in [7, 11) is 1.85. The van der Waals surface area contributed by atoms with E-state index in [1.807, 2.05) is 7.05 Å². The smallest absolute Gasteiger partial charge is 0.253 e. The maximum absolute atomic E-state index is 12.4. The standard InChI is InChI=1S/C15H19NO4/c1-16(9-11-4-6-18-7-5-11)15(17)12-2-3-13-14(8-12)20-10-19-13/h2-3,8,11H,4-7,9-10H2,1H3. The Morgan fingerprint density at radius 2 is 2.00 bits per heavy atom. The summed E-state index contributed by atoms with van der Waals surface area (Å²) in [6.45, 7) is 2.61. The number of rotatable bonds is 3. The van der Waals surface area contributed by atoms with Gasteiger partial charge >= 0.3 is 0 Å². The number of nitrogens with zero attached hydrogens (tertiary/aromatic N) is 1. The summed E-state index contributed by atoms with van der Waals surface area (Å²) in [6.07, 6.45) is 2.05. The van der Waals surface area contributed by atoms with E-state index in [0.29, 0.717) is 23.0 Å². The van der Waals surface area contributed by atoms with E-state index in [4.69, 9.17) is 14.2 Å². The lowest BCUT2D eigenvalue weighted by Gasteiger charge is -2.27. The molecule has 0 bridgehead atoms. The van der Waals surface area contributed by atoms with Crippen LogP contribution in [0.25, 0.3) is 0 Å². The number of fused-ring (bicyclic) bond motifs is 1. The first kappa shape index (κ1) is 13.2. The van der Waals surface area contributed by atoms with Gasteiger partial charge in [-0.1, -0.05) is 0 Å². The van der Waals surface area contributed by atoms with Crippen LogP contribution in [0.1, 0.15) is 23.2 Å². The second-order valence-electron chi connectivity index (χ2n) is 5.31. The molecule has 2 heterocycles. The van der Waals surface area contributed by atoms with Crippen LogP contribution in [0.4, 0.5) is 0 Å². The first-order valence-electron chi connectivity index (χ1n) is 6.97. The normalized spacial score (nSPS) is 18.1. The van der Waals surface area contributed by atoms with Gasteiger partial charge in [-0.25, -0.2) is 0 Å². The number of amides is 1. The molecule has 2 aliphatic heterocycles. The molecule has 0 spiro atoms. The third-order valence-electron chi connectivity index (χ3n) is 3.84. The van der Waals surface area contributed by atoms with Crippen molar-refractivity contribution >= 4 is 5.91 Å². The molecule has 2 aliphatic rings. The van der Waals surface area contributed by atoms with Crippen LogP contribution in [-0.4, -0.2) is 44.4 Å². The molecule has 5 heteroatoms. The zero-order valence-corrected chi connectivity index (χ0v) is 11.6. The first-order valence-corrected chi connectivity index (χ1v) is 6.97. The maximum atomic E-state index is 12.4. The highest BCUT2D eigenvalue weighted by molar-refractivity contribution is 5.94. The minimum atomic E-state index is 0.0230. The molecule has 0 saturated carbocycles. The fourth-order valence-electron chi connectivity index (χ4n) is 2.65. The molecular formula is C15H19NO4. The Morgan fingerprint density at radius 3 is 2.80 bits per heavy atom. The Labute approximate surface area is 118 Å². The van der Waals surface area contributed by atoms with Crippen LogP contribution < -0.4 is 9.47 Å². The van der Waals surface area contributed by atoms with Crippen molar-refractivity contribution in [2.24, 2.45) is 5.92 Å². The van der Waals surface area contributed by atoms with Gasteiger partial charge in [0, 0.05) is 32.4 Å². The number of hydrogen-bond acceptors (Lipinski definition) is 4. The summed E-state index contributed by atoms with van der Waals surface area (Å²) in [6, 6.07) is 5.33. The summed E-state index contributed by atoms with van der Waals surface area (Å²) < 4.78 is 15.9. The summed E-state index contributed by atoms with van der Waals surface area (Å²) in [5.74, 6) is 1.91. The van der Waals surface area contributed by atoms with Crippen molar-refractivity contribution in [3.05, 3.63) is 23.8 Å². The highest BCUT2D eigenvalue weighted by atomic mass is 16.7. The molecule has 1 saturated heterocycles. The molecule has 0 atom stereocenters. The number of carbonyl (C=O) groups excluding carboxylic acids is 1. The summed E-state index contributed by atoms with van der Waals surface area (Å²) in [5.41, 5.74) is 0.642. The number of benzene rings is 1. The van der Waals surface area contributed by atoms with Crippen LogP contribution in [0.3, 0.4) is 0 Å². The van der Waals surface area contributed by atoms with Crippen molar-refractivity contribution in [2.75, 3.05) is 33.6 Å². The minimum absolute atomic E-state index is 0.0230. The van der Waals surface area contributed by atoms with Crippen LogP contribution in [-0.2, 0) is 4.74 Å². The highest BCUT2D eigenvalue weighted by Crippen LogP contribution is 2.32. The van der Waals surface area contributed by atoms with Gasteiger partial charge in [-0.15, -0.1) is 0 Å². The molecule has 1 aromatic carbocycles. The maximum Gasteiger partial charge on any atom is 0.253 e. The first-order chi connectivity index (χ1) is 9.74. The van der Waals surface area contributed by atoms with Gasteiger partial charge in [0.05, 0.1) is 0 Å². The van der Waals surface area contributed by atoms with Gasteiger partial charge in [-0.3, -0.25) is 4.79 Å². The zero-order valence-electron chi connectivity index (χ0n) is 11.6. The number of hydrogen-bond donors (Lipinski definition) is 0. The molecule has 1 fully saturated rings. The molecule has 1 amide bonds. The van der Waals surface area contributed by atoms with E-state index in [0.717, 1.165) is 32.6 Å². The van der Waals surface area contributed by atoms with Gasteiger partial charge in [0.15, 0.2) is 11.5 Å².